The minimum Gasteiger partial charge on any atom is -0.351 e. The largest absolute Gasteiger partial charge is 0.351 e. The molecular formula is C15H25N3O3S. The molecular weight excluding hydrogens is 302 g/mol. The topological polar surface area (TPSA) is 87.3 Å². The molecule has 0 radical (unpaired) electrons. The fourth-order valence-electron chi connectivity index (χ4n) is 1.83. The van der Waals surface area contributed by atoms with Crippen molar-refractivity contribution in [3.63, 3.8) is 0 Å². The second-order valence-corrected chi connectivity index (χ2v) is 7.02. The van der Waals surface area contributed by atoms with Crippen LogP contribution in [0.25, 0.3) is 0 Å². The fraction of sp³-hybridized carbons (Fsp3) is 0.533. The first-order valence-electron chi connectivity index (χ1n) is 7.48. The van der Waals surface area contributed by atoms with Crippen molar-refractivity contribution >= 4 is 15.9 Å². The molecule has 0 bridgehead atoms. The van der Waals surface area contributed by atoms with E-state index in [0.29, 0.717) is 18.7 Å². The lowest BCUT2D eigenvalue weighted by Crippen LogP contribution is -2.32. The zero-order chi connectivity index (χ0) is 16.6. The number of benzene rings is 1. The molecule has 3 N–H and O–H groups in total. The van der Waals surface area contributed by atoms with Crippen molar-refractivity contribution < 1.29 is 13.2 Å². The van der Waals surface area contributed by atoms with Gasteiger partial charge in [0.1, 0.15) is 0 Å². The molecule has 0 saturated heterocycles. The molecule has 0 atom stereocenters. The average molecular weight is 327 g/mol. The highest BCUT2D eigenvalue weighted by molar-refractivity contribution is 7.89. The van der Waals surface area contributed by atoms with E-state index in [9.17, 15) is 13.2 Å². The summed E-state index contributed by atoms with van der Waals surface area (Å²) in [4.78, 5) is 12.1. The third-order valence-electron chi connectivity index (χ3n) is 2.83. The van der Waals surface area contributed by atoms with Gasteiger partial charge in [-0.3, -0.25) is 4.79 Å². The highest BCUT2D eigenvalue weighted by Crippen LogP contribution is 2.11. The first-order valence-corrected chi connectivity index (χ1v) is 8.96. The maximum absolute atomic E-state index is 12.0. The van der Waals surface area contributed by atoms with Crippen LogP contribution in [0.2, 0.25) is 0 Å². The van der Waals surface area contributed by atoms with Crippen LogP contribution >= 0.6 is 0 Å². The molecule has 0 heterocycles. The van der Waals surface area contributed by atoms with E-state index in [4.69, 9.17) is 0 Å². The second-order valence-electron chi connectivity index (χ2n) is 5.31. The summed E-state index contributed by atoms with van der Waals surface area (Å²) in [5.41, 5.74) is 0.444. The van der Waals surface area contributed by atoms with Gasteiger partial charge in [0.15, 0.2) is 0 Å². The van der Waals surface area contributed by atoms with Crippen LogP contribution in [0.4, 0.5) is 0 Å². The van der Waals surface area contributed by atoms with E-state index < -0.39 is 10.0 Å². The minimum absolute atomic E-state index is 0.155. The zero-order valence-corrected chi connectivity index (χ0v) is 14.2. The molecule has 0 aliphatic carbocycles. The van der Waals surface area contributed by atoms with Crippen LogP contribution in [0, 0.1) is 0 Å². The van der Waals surface area contributed by atoms with Crippen molar-refractivity contribution in [2.45, 2.75) is 38.1 Å². The Labute approximate surface area is 132 Å². The molecule has 0 unspecified atom stereocenters. The van der Waals surface area contributed by atoms with Gasteiger partial charge in [0.25, 0.3) is 5.91 Å². The van der Waals surface area contributed by atoms with Crippen LogP contribution in [0.1, 0.15) is 37.6 Å². The number of hydrogen-bond acceptors (Lipinski definition) is 4. The second kappa shape index (κ2) is 8.87. The first kappa shape index (κ1) is 18.6. The number of rotatable bonds is 9. The molecule has 0 spiro atoms. The molecule has 0 saturated carbocycles. The summed E-state index contributed by atoms with van der Waals surface area (Å²) in [6, 6.07) is 5.74. The third-order valence-corrected chi connectivity index (χ3v) is 4.51. The smallest absolute Gasteiger partial charge is 0.251 e. The lowest BCUT2D eigenvalue weighted by Gasteiger charge is -2.10. The Morgan fingerprint density at radius 2 is 1.73 bits per heavy atom. The van der Waals surface area contributed by atoms with Gasteiger partial charge in [-0.15, -0.1) is 0 Å². The molecule has 0 fully saturated rings. The Morgan fingerprint density at radius 1 is 1.09 bits per heavy atom. The molecule has 0 aliphatic heterocycles. The van der Waals surface area contributed by atoms with Crippen LogP contribution in [0.3, 0.4) is 0 Å². The fourth-order valence-corrected chi connectivity index (χ4v) is 3.08. The number of carbonyl (C=O) groups excluding carboxylic acids is 1. The molecule has 0 aliphatic rings. The number of sulfonamides is 1. The zero-order valence-electron chi connectivity index (χ0n) is 13.3. The van der Waals surface area contributed by atoms with Gasteiger partial charge < -0.3 is 10.6 Å². The lowest BCUT2D eigenvalue weighted by atomic mass is 10.2. The van der Waals surface area contributed by atoms with Crippen molar-refractivity contribution in [1.82, 2.24) is 15.4 Å². The van der Waals surface area contributed by atoms with E-state index >= 15 is 0 Å². The Kier molecular flexibility index (Phi) is 7.50. The average Bonchev–Trinajstić information content (AvgIpc) is 2.45. The molecule has 22 heavy (non-hydrogen) atoms. The molecule has 7 heteroatoms. The van der Waals surface area contributed by atoms with Gasteiger partial charge in [-0.05, 0) is 51.1 Å². The quantitative estimate of drug-likeness (QED) is 0.593. The van der Waals surface area contributed by atoms with Crippen LogP contribution in [-0.4, -0.2) is 40.0 Å². The SMILES string of the molecule is CCCNCCNC(=O)c1ccc(S(=O)(=O)NC(C)C)cc1. The number of hydrogen-bond donors (Lipinski definition) is 3. The molecule has 124 valence electrons. The van der Waals surface area contributed by atoms with Gasteiger partial charge in [0.05, 0.1) is 4.90 Å². The van der Waals surface area contributed by atoms with E-state index in [1.54, 1.807) is 13.8 Å². The Morgan fingerprint density at radius 3 is 2.27 bits per heavy atom. The normalized spacial score (nSPS) is 11.6. The maximum atomic E-state index is 12.0. The summed E-state index contributed by atoms with van der Waals surface area (Å²) in [5, 5.41) is 5.97. The molecule has 1 amide bonds. The van der Waals surface area contributed by atoms with Crippen molar-refractivity contribution in [3.8, 4) is 0 Å². The molecule has 6 nitrogen and oxygen atoms in total. The van der Waals surface area contributed by atoms with Gasteiger partial charge in [-0.1, -0.05) is 6.92 Å². The van der Waals surface area contributed by atoms with Crippen LogP contribution in [-0.2, 0) is 10.0 Å². The number of amides is 1. The van der Waals surface area contributed by atoms with Crippen LogP contribution < -0.4 is 15.4 Å². The number of carbonyl (C=O) groups is 1. The van der Waals surface area contributed by atoms with Crippen molar-refractivity contribution in [2.24, 2.45) is 0 Å². The standard InChI is InChI=1S/C15H25N3O3S/c1-4-9-16-10-11-17-15(19)13-5-7-14(8-6-13)22(20,21)18-12(2)3/h5-8,12,16,18H,4,9-11H2,1-3H3,(H,17,19). The van der Waals surface area contributed by atoms with Crippen molar-refractivity contribution in [1.29, 1.82) is 0 Å². The molecule has 0 aromatic heterocycles. The summed E-state index contributed by atoms with van der Waals surface area (Å²) in [6.07, 6.45) is 1.05. The van der Waals surface area contributed by atoms with E-state index in [1.807, 2.05) is 0 Å². The predicted molar refractivity (Wildman–Crippen MR) is 87.4 cm³/mol. The summed E-state index contributed by atoms with van der Waals surface area (Å²) < 4.78 is 26.5. The predicted octanol–water partition coefficient (Wildman–Crippen LogP) is 1.10. The summed E-state index contributed by atoms with van der Waals surface area (Å²) in [6.45, 7) is 7.76. The van der Waals surface area contributed by atoms with Gasteiger partial charge in [-0.25, -0.2) is 13.1 Å². The molecule has 1 aromatic rings. The van der Waals surface area contributed by atoms with Gasteiger partial charge >= 0.3 is 0 Å². The van der Waals surface area contributed by atoms with Crippen molar-refractivity contribution in [3.05, 3.63) is 29.8 Å². The minimum atomic E-state index is -3.52. The Hall–Kier alpha value is -1.44. The van der Waals surface area contributed by atoms with Gasteiger partial charge in [0, 0.05) is 24.7 Å². The van der Waals surface area contributed by atoms with Crippen molar-refractivity contribution in [2.75, 3.05) is 19.6 Å². The van der Waals surface area contributed by atoms with Gasteiger partial charge in [-0.2, -0.15) is 0 Å². The van der Waals surface area contributed by atoms with E-state index in [-0.39, 0.29) is 16.8 Å². The molecule has 1 aromatic carbocycles. The van der Waals surface area contributed by atoms with Gasteiger partial charge in [0.2, 0.25) is 10.0 Å². The van der Waals surface area contributed by atoms with E-state index in [0.717, 1.165) is 13.0 Å². The first-order chi connectivity index (χ1) is 10.4. The number of nitrogens with one attached hydrogen (secondary N) is 3. The molecule has 1 rings (SSSR count). The van der Waals surface area contributed by atoms with Crippen LogP contribution in [0.15, 0.2) is 29.2 Å². The lowest BCUT2D eigenvalue weighted by molar-refractivity contribution is 0.0954. The third kappa shape index (κ3) is 6.13. The summed E-state index contributed by atoms with van der Waals surface area (Å²) in [7, 11) is -3.52. The summed E-state index contributed by atoms with van der Waals surface area (Å²) in [5.74, 6) is -0.209. The van der Waals surface area contributed by atoms with E-state index in [2.05, 4.69) is 22.3 Å². The van der Waals surface area contributed by atoms with E-state index in [1.165, 1.54) is 24.3 Å². The monoisotopic (exact) mass is 327 g/mol. The maximum Gasteiger partial charge on any atom is 0.251 e. The Bertz CT molecular complexity index is 568. The highest BCUT2D eigenvalue weighted by Gasteiger charge is 2.15. The van der Waals surface area contributed by atoms with Crippen LogP contribution in [0.5, 0.6) is 0 Å². The highest BCUT2D eigenvalue weighted by atomic mass is 32.2. The Balaban J connectivity index is 2.59. The summed E-state index contributed by atoms with van der Waals surface area (Å²) >= 11 is 0.